The molecule has 1 aromatic heterocycles. The highest BCUT2D eigenvalue weighted by molar-refractivity contribution is 5.33. The van der Waals surface area contributed by atoms with Crippen LogP contribution in [0, 0.1) is 0 Å². The predicted octanol–water partition coefficient (Wildman–Crippen LogP) is 3.26. The molecule has 2 rings (SSSR count). The van der Waals surface area contributed by atoms with Crippen molar-refractivity contribution in [2.75, 3.05) is 7.11 Å². The summed E-state index contributed by atoms with van der Waals surface area (Å²) in [5, 5.41) is 0. The number of hydrogen-bond acceptors (Lipinski definition) is 3. The first-order chi connectivity index (χ1) is 9.11. The molecule has 0 saturated heterocycles. The van der Waals surface area contributed by atoms with E-state index in [4.69, 9.17) is 10.5 Å². The minimum Gasteiger partial charge on any atom is -0.497 e. The van der Waals surface area contributed by atoms with Crippen LogP contribution in [0.2, 0.25) is 0 Å². The molecule has 3 heteroatoms. The largest absolute Gasteiger partial charge is 0.497 e. The van der Waals surface area contributed by atoms with Crippen LogP contribution in [0.5, 0.6) is 5.75 Å². The van der Waals surface area contributed by atoms with Gasteiger partial charge in [-0.3, -0.25) is 4.98 Å². The lowest BCUT2D eigenvalue weighted by atomic mass is 10.0. The number of rotatable bonds is 4. The number of methoxy groups -OCH3 is 1. The van der Waals surface area contributed by atoms with E-state index in [-0.39, 0.29) is 6.04 Å². The summed E-state index contributed by atoms with van der Waals surface area (Å²) < 4.78 is 5.14. The van der Waals surface area contributed by atoms with Gasteiger partial charge in [-0.15, -0.1) is 0 Å². The van der Waals surface area contributed by atoms with E-state index in [1.807, 2.05) is 36.5 Å². The Balaban J connectivity index is 2.20. The lowest BCUT2D eigenvalue weighted by Crippen LogP contribution is -2.13. The summed E-state index contributed by atoms with van der Waals surface area (Å²) in [6, 6.07) is 11.7. The van der Waals surface area contributed by atoms with Crippen LogP contribution in [0.4, 0.5) is 0 Å². The molecule has 0 aliphatic carbocycles. The van der Waals surface area contributed by atoms with Gasteiger partial charge in [-0.25, -0.2) is 0 Å². The summed E-state index contributed by atoms with van der Waals surface area (Å²) in [7, 11) is 1.65. The standard InChI is InChI=1S/C16H20N2O/c1-11(2)13-6-9-15(18-10-13)16(17)12-4-7-14(19-3)8-5-12/h4-11,16H,17H2,1-3H3. The Morgan fingerprint density at radius 2 is 1.63 bits per heavy atom. The molecule has 0 amide bonds. The summed E-state index contributed by atoms with van der Waals surface area (Å²) in [6.07, 6.45) is 1.91. The predicted molar refractivity (Wildman–Crippen MR) is 77.4 cm³/mol. The highest BCUT2D eigenvalue weighted by Gasteiger charge is 2.10. The Morgan fingerprint density at radius 3 is 2.11 bits per heavy atom. The van der Waals surface area contributed by atoms with E-state index < -0.39 is 0 Å². The highest BCUT2D eigenvalue weighted by Crippen LogP contribution is 2.22. The number of pyridine rings is 1. The van der Waals surface area contributed by atoms with Crippen molar-refractivity contribution in [3.05, 3.63) is 59.4 Å². The Hall–Kier alpha value is -1.87. The first-order valence-corrected chi connectivity index (χ1v) is 6.47. The van der Waals surface area contributed by atoms with Crippen LogP contribution in [0.3, 0.4) is 0 Å². The fraction of sp³-hybridized carbons (Fsp3) is 0.312. The molecule has 1 heterocycles. The Morgan fingerprint density at radius 1 is 1.00 bits per heavy atom. The van der Waals surface area contributed by atoms with E-state index in [1.165, 1.54) is 5.56 Å². The smallest absolute Gasteiger partial charge is 0.118 e. The molecule has 0 spiro atoms. The van der Waals surface area contributed by atoms with Crippen LogP contribution >= 0.6 is 0 Å². The van der Waals surface area contributed by atoms with Gasteiger partial charge in [-0.05, 0) is 35.2 Å². The average molecular weight is 256 g/mol. The molecule has 0 radical (unpaired) electrons. The quantitative estimate of drug-likeness (QED) is 0.913. The van der Waals surface area contributed by atoms with Gasteiger partial charge >= 0.3 is 0 Å². The maximum absolute atomic E-state index is 6.23. The van der Waals surface area contributed by atoms with E-state index in [1.54, 1.807) is 7.11 Å². The van der Waals surface area contributed by atoms with Gasteiger partial charge in [0, 0.05) is 6.20 Å². The molecule has 1 atom stereocenters. The van der Waals surface area contributed by atoms with Crippen molar-refractivity contribution in [1.82, 2.24) is 4.98 Å². The van der Waals surface area contributed by atoms with E-state index in [2.05, 4.69) is 24.9 Å². The molecule has 0 fully saturated rings. The highest BCUT2D eigenvalue weighted by atomic mass is 16.5. The van der Waals surface area contributed by atoms with Gasteiger partial charge < -0.3 is 10.5 Å². The zero-order valence-corrected chi connectivity index (χ0v) is 11.6. The Labute approximate surface area is 114 Å². The molecule has 0 aliphatic rings. The molecular formula is C16H20N2O. The van der Waals surface area contributed by atoms with Gasteiger partial charge in [0.2, 0.25) is 0 Å². The second-order valence-corrected chi connectivity index (χ2v) is 4.92. The summed E-state index contributed by atoms with van der Waals surface area (Å²) in [6.45, 7) is 4.31. The van der Waals surface area contributed by atoms with Crippen LogP contribution in [0.15, 0.2) is 42.6 Å². The van der Waals surface area contributed by atoms with E-state index >= 15 is 0 Å². The van der Waals surface area contributed by atoms with Crippen LogP contribution in [-0.2, 0) is 0 Å². The summed E-state index contributed by atoms with van der Waals surface area (Å²) in [4.78, 5) is 4.46. The molecule has 2 N–H and O–H groups in total. The fourth-order valence-corrected chi connectivity index (χ4v) is 1.92. The molecule has 100 valence electrons. The molecule has 1 aromatic carbocycles. The van der Waals surface area contributed by atoms with E-state index in [0.29, 0.717) is 5.92 Å². The minimum atomic E-state index is -0.202. The molecule has 0 bridgehead atoms. The van der Waals surface area contributed by atoms with Gasteiger partial charge in [0.25, 0.3) is 0 Å². The van der Waals surface area contributed by atoms with Crippen LogP contribution < -0.4 is 10.5 Å². The zero-order valence-electron chi connectivity index (χ0n) is 11.6. The van der Waals surface area contributed by atoms with Crippen molar-refractivity contribution in [2.24, 2.45) is 5.73 Å². The third-order valence-corrected chi connectivity index (χ3v) is 3.27. The second-order valence-electron chi connectivity index (χ2n) is 4.92. The summed E-state index contributed by atoms with van der Waals surface area (Å²) in [5.41, 5.74) is 9.37. The van der Waals surface area contributed by atoms with Gasteiger partial charge in [0.15, 0.2) is 0 Å². The number of hydrogen-bond donors (Lipinski definition) is 1. The van der Waals surface area contributed by atoms with Crippen molar-refractivity contribution in [3.63, 3.8) is 0 Å². The minimum absolute atomic E-state index is 0.202. The van der Waals surface area contributed by atoms with Gasteiger partial charge in [0.05, 0.1) is 18.8 Å². The zero-order chi connectivity index (χ0) is 13.8. The van der Waals surface area contributed by atoms with E-state index in [0.717, 1.165) is 17.0 Å². The van der Waals surface area contributed by atoms with Crippen LogP contribution in [-0.4, -0.2) is 12.1 Å². The fourth-order valence-electron chi connectivity index (χ4n) is 1.92. The van der Waals surface area contributed by atoms with Gasteiger partial charge in [0.1, 0.15) is 5.75 Å². The maximum atomic E-state index is 6.23. The third kappa shape index (κ3) is 3.12. The Bertz CT molecular complexity index is 517. The topological polar surface area (TPSA) is 48.1 Å². The van der Waals surface area contributed by atoms with E-state index in [9.17, 15) is 0 Å². The van der Waals surface area contributed by atoms with Crippen molar-refractivity contribution in [3.8, 4) is 5.75 Å². The first-order valence-electron chi connectivity index (χ1n) is 6.47. The maximum Gasteiger partial charge on any atom is 0.118 e. The van der Waals surface area contributed by atoms with Crippen molar-refractivity contribution >= 4 is 0 Å². The van der Waals surface area contributed by atoms with Gasteiger partial charge in [-0.2, -0.15) is 0 Å². The summed E-state index contributed by atoms with van der Waals surface area (Å²) >= 11 is 0. The summed E-state index contributed by atoms with van der Waals surface area (Å²) in [5.74, 6) is 1.32. The van der Waals surface area contributed by atoms with Crippen LogP contribution in [0.25, 0.3) is 0 Å². The monoisotopic (exact) mass is 256 g/mol. The SMILES string of the molecule is COc1ccc(C(N)c2ccc(C(C)C)cn2)cc1. The molecule has 0 saturated carbocycles. The van der Waals surface area contributed by atoms with Crippen molar-refractivity contribution in [1.29, 1.82) is 0 Å². The lowest BCUT2D eigenvalue weighted by molar-refractivity contribution is 0.414. The van der Waals surface area contributed by atoms with Crippen LogP contribution in [0.1, 0.15) is 42.6 Å². The lowest BCUT2D eigenvalue weighted by Gasteiger charge is -2.13. The normalized spacial score (nSPS) is 12.5. The molecule has 1 unspecified atom stereocenters. The number of aromatic nitrogens is 1. The number of nitrogens with two attached hydrogens (primary N) is 1. The average Bonchev–Trinajstić information content (AvgIpc) is 2.46. The molecule has 3 nitrogen and oxygen atoms in total. The van der Waals surface area contributed by atoms with Crippen molar-refractivity contribution in [2.45, 2.75) is 25.8 Å². The molecular weight excluding hydrogens is 236 g/mol. The first kappa shape index (κ1) is 13.6. The van der Waals surface area contributed by atoms with Gasteiger partial charge in [-0.1, -0.05) is 32.0 Å². The second kappa shape index (κ2) is 5.85. The Kier molecular flexibility index (Phi) is 4.17. The number of nitrogens with zero attached hydrogens (tertiary/aromatic N) is 1. The molecule has 2 aromatic rings. The molecule has 19 heavy (non-hydrogen) atoms. The third-order valence-electron chi connectivity index (χ3n) is 3.27. The number of benzene rings is 1. The number of ether oxygens (including phenoxy) is 1. The molecule has 0 aliphatic heterocycles. The van der Waals surface area contributed by atoms with Crippen molar-refractivity contribution < 1.29 is 4.74 Å².